The van der Waals surface area contributed by atoms with E-state index in [4.69, 9.17) is 0 Å². The van der Waals surface area contributed by atoms with Crippen LogP contribution in [0.4, 0.5) is 0 Å². The van der Waals surface area contributed by atoms with E-state index in [0.717, 1.165) is 36.7 Å². The van der Waals surface area contributed by atoms with E-state index in [1.165, 1.54) is 6.42 Å². The van der Waals surface area contributed by atoms with E-state index in [1.54, 1.807) is 0 Å². The number of carbonyl (C=O) groups is 1. The summed E-state index contributed by atoms with van der Waals surface area (Å²) in [5.74, 6) is 3.47. The molecule has 0 radical (unpaired) electrons. The number of rotatable bonds is 4. The SMILES string of the molecule is CC(C)[Si](C#CC1=C(C=O)CCCC1)(C(C)C)C(C)C. The Morgan fingerprint density at radius 1 is 0.950 bits per heavy atom. The molecule has 1 nitrogen and oxygen atoms in total. The minimum Gasteiger partial charge on any atom is -0.298 e. The fourth-order valence-electron chi connectivity index (χ4n) is 3.82. The van der Waals surface area contributed by atoms with Crippen molar-refractivity contribution >= 4 is 14.4 Å². The Balaban J connectivity index is 3.23. The van der Waals surface area contributed by atoms with Gasteiger partial charge in [0.05, 0.1) is 0 Å². The topological polar surface area (TPSA) is 17.1 Å². The first-order chi connectivity index (χ1) is 9.36. The largest absolute Gasteiger partial charge is 0.298 e. The molecule has 0 saturated carbocycles. The molecular weight excluding hydrogens is 260 g/mol. The molecule has 1 rings (SSSR count). The quantitative estimate of drug-likeness (QED) is 0.391. The smallest absolute Gasteiger partial charge is 0.146 e. The van der Waals surface area contributed by atoms with Gasteiger partial charge in [0, 0.05) is 11.1 Å². The first-order valence-electron chi connectivity index (χ1n) is 8.06. The van der Waals surface area contributed by atoms with Crippen LogP contribution in [0.3, 0.4) is 0 Å². The standard InChI is InChI=1S/C18H30OSi/c1-14(2)20(15(3)4,16(5)6)12-11-17-9-7-8-10-18(17)13-19/h13-16H,7-10H2,1-6H3. The van der Waals surface area contributed by atoms with E-state index in [2.05, 4.69) is 53.0 Å². The third-order valence-electron chi connectivity index (χ3n) is 4.95. The fourth-order valence-corrected chi connectivity index (χ4v) is 9.05. The van der Waals surface area contributed by atoms with Crippen molar-refractivity contribution in [2.45, 2.75) is 83.8 Å². The first-order valence-corrected chi connectivity index (χ1v) is 10.3. The molecule has 0 aromatic heterocycles. The molecule has 112 valence electrons. The second kappa shape index (κ2) is 7.27. The Bertz CT molecular complexity index is 410. The summed E-state index contributed by atoms with van der Waals surface area (Å²) in [7, 11) is -1.67. The molecule has 0 aliphatic heterocycles. The van der Waals surface area contributed by atoms with Crippen LogP contribution < -0.4 is 0 Å². The molecule has 0 heterocycles. The van der Waals surface area contributed by atoms with Gasteiger partial charge in [-0.3, -0.25) is 4.79 Å². The van der Waals surface area contributed by atoms with E-state index < -0.39 is 8.07 Å². The van der Waals surface area contributed by atoms with Gasteiger partial charge in [-0.05, 0) is 42.3 Å². The lowest BCUT2D eigenvalue weighted by Gasteiger charge is -2.38. The molecule has 0 fully saturated rings. The van der Waals surface area contributed by atoms with E-state index in [9.17, 15) is 4.79 Å². The molecule has 2 heteroatoms. The van der Waals surface area contributed by atoms with Crippen molar-refractivity contribution in [2.24, 2.45) is 0 Å². The molecule has 0 unspecified atom stereocenters. The summed E-state index contributed by atoms with van der Waals surface area (Å²) in [6.07, 6.45) is 5.28. The monoisotopic (exact) mass is 290 g/mol. The molecule has 0 aromatic carbocycles. The van der Waals surface area contributed by atoms with Crippen molar-refractivity contribution in [3.63, 3.8) is 0 Å². The van der Waals surface area contributed by atoms with Gasteiger partial charge >= 0.3 is 0 Å². The number of allylic oxidation sites excluding steroid dienone is 2. The molecule has 1 aliphatic carbocycles. The minimum atomic E-state index is -1.67. The molecule has 0 atom stereocenters. The van der Waals surface area contributed by atoms with E-state index in [1.807, 2.05) is 0 Å². The average molecular weight is 291 g/mol. The Kier molecular flexibility index (Phi) is 6.26. The maximum atomic E-state index is 11.2. The minimum absolute atomic E-state index is 0.652. The first kappa shape index (κ1) is 17.2. The lowest BCUT2D eigenvalue weighted by atomic mass is 9.93. The molecule has 0 N–H and O–H groups in total. The van der Waals surface area contributed by atoms with Crippen molar-refractivity contribution in [1.82, 2.24) is 0 Å². The Morgan fingerprint density at radius 3 is 1.90 bits per heavy atom. The number of aldehydes is 1. The summed E-state index contributed by atoms with van der Waals surface area (Å²) in [6.45, 7) is 14.0. The van der Waals surface area contributed by atoms with Gasteiger partial charge in [-0.15, -0.1) is 5.54 Å². The highest BCUT2D eigenvalue weighted by Gasteiger charge is 2.41. The van der Waals surface area contributed by atoms with Crippen molar-refractivity contribution in [2.75, 3.05) is 0 Å². The van der Waals surface area contributed by atoms with Gasteiger partial charge in [0.1, 0.15) is 14.4 Å². The van der Waals surface area contributed by atoms with Gasteiger partial charge in [0.2, 0.25) is 0 Å². The maximum Gasteiger partial charge on any atom is 0.146 e. The molecule has 0 amide bonds. The number of hydrogen-bond acceptors (Lipinski definition) is 1. The molecule has 0 aromatic rings. The van der Waals surface area contributed by atoms with Crippen LogP contribution in [-0.2, 0) is 4.79 Å². The van der Waals surface area contributed by atoms with Gasteiger partial charge in [0.15, 0.2) is 0 Å². The van der Waals surface area contributed by atoms with Gasteiger partial charge in [-0.25, -0.2) is 0 Å². The molecule has 20 heavy (non-hydrogen) atoms. The second-order valence-corrected chi connectivity index (χ2v) is 12.6. The fraction of sp³-hybridized carbons (Fsp3) is 0.722. The lowest BCUT2D eigenvalue weighted by Crippen LogP contribution is -2.43. The molecule has 0 saturated heterocycles. The number of carbonyl (C=O) groups excluding carboxylic acids is 1. The van der Waals surface area contributed by atoms with Crippen molar-refractivity contribution in [3.8, 4) is 11.5 Å². The highest BCUT2D eigenvalue weighted by Crippen LogP contribution is 2.41. The summed E-state index contributed by atoms with van der Waals surface area (Å²) in [5, 5.41) is 0. The van der Waals surface area contributed by atoms with Crippen LogP contribution in [0.2, 0.25) is 16.6 Å². The summed E-state index contributed by atoms with van der Waals surface area (Å²) in [5.41, 5.74) is 7.78. The van der Waals surface area contributed by atoms with Crippen molar-refractivity contribution in [3.05, 3.63) is 11.1 Å². The Labute approximate surface area is 126 Å². The van der Waals surface area contributed by atoms with Gasteiger partial charge in [-0.2, -0.15) is 0 Å². The molecule has 0 spiro atoms. The predicted molar refractivity (Wildman–Crippen MR) is 90.4 cm³/mol. The molecule has 0 bridgehead atoms. The zero-order valence-corrected chi connectivity index (χ0v) is 15.0. The van der Waals surface area contributed by atoms with Gasteiger partial charge in [0.25, 0.3) is 0 Å². The van der Waals surface area contributed by atoms with Crippen LogP contribution in [0, 0.1) is 11.5 Å². The van der Waals surface area contributed by atoms with Crippen LogP contribution in [0.1, 0.15) is 67.2 Å². The van der Waals surface area contributed by atoms with Crippen LogP contribution in [-0.4, -0.2) is 14.4 Å². The molecule has 1 aliphatic rings. The predicted octanol–water partition coefficient (Wildman–Crippen LogP) is 5.28. The average Bonchev–Trinajstić information content (AvgIpc) is 2.38. The van der Waals surface area contributed by atoms with E-state index in [0.29, 0.717) is 16.6 Å². The zero-order chi connectivity index (χ0) is 15.3. The lowest BCUT2D eigenvalue weighted by molar-refractivity contribution is -0.105. The van der Waals surface area contributed by atoms with Crippen molar-refractivity contribution < 1.29 is 4.79 Å². The summed E-state index contributed by atoms with van der Waals surface area (Å²) in [6, 6.07) is 0. The van der Waals surface area contributed by atoms with Crippen LogP contribution in [0.25, 0.3) is 0 Å². The Morgan fingerprint density at radius 2 is 1.45 bits per heavy atom. The van der Waals surface area contributed by atoms with Crippen LogP contribution in [0.15, 0.2) is 11.1 Å². The third kappa shape index (κ3) is 3.44. The third-order valence-corrected chi connectivity index (χ3v) is 11.2. The maximum absolute atomic E-state index is 11.2. The van der Waals surface area contributed by atoms with E-state index in [-0.39, 0.29) is 0 Å². The Hall–Kier alpha value is -0.813. The van der Waals surface area contributed by atoms with Crippen LogP contribution in [0.5, 0.6) is 0 Å². The van der Waals surface area contributed by atoms with Crippen molar-refractivity contribution in [1.29, 1.82) is 0 Å². The van der Waals surface area contributed by atoms with Crippen LogP contribution >= 0.6 is 0 Å². The summed E-state index contributed by atoms with van der Waals surface area (Å²) < 4.78 is 0. The second-order valence-electron chi connectivity index (χ2n) is 6.98. The highest BCUT2D eigenvalue weighted by atomic mass is 28.3. The normalized spacial score (nSPS) is 16.6. The van der Waals surface area contributed by atoms with Gasteiger partial charge < -0.3 is 0 Å². The molecular formula is C18H30OSi. The summed E-state index contributed by atoms with van der Waals surface area (Å²) >= 11 is 0. The zero-order valence-electron chi connectivity index (χ0n) is 14.0. The van der Waals surface area contributed by atoms with Gasteiger partial charge in [-0.1, -0.05) is 47.5 Å². The number of hydrogen-bond donors (Lipinski definition) is 0. The van der Waals surface area contributed by atoms with E-state index >= 15 is 0 Å². The highest BCUT2D eigenvalue weighted by molar-refractivity contribution is 6.90. The summed E-state index contributed by atoms with van der Waals surface area (Å²) in [4.78, 5) is 11.2.